The zero-order valence-electron chi connectivity index (χ0n) is 14.0. The summed E-state index contributed by atoms with van der Waals surface area (Å²) in [4.78, 5) is 11.8. The number of amides is 1. The van der Waals surface area contributed by atoms with Crippen molar-refractivity contribution in [2.24, 2.45) is 0 Å². The molecule has 0 aromatic carbocycles. The van der Waals surface area contributed by atoms with Crippen molar-refractivity contribution in [3.63, 3.8) is 0 Å². The molecule has 1 aliphatic rings. The summed E-state index contributed by atoms with van der Waals surface area (Å²) in [6, 6.07) is 5.90. The van der Waals surface area contributed by atoms with Crippen LogP contribution in [0.1, 0.15) is 58.0 Å². The van der Waals surface area contributed by atoms with E-state index in [1.54, 1.807) is 6.07 Å². The van der Waals surface area contributed by atoms with Gasteiger partial charge in [0.1, 0.15) is 17.4 Å². The number of carbonyl (C=O) groups is 1. The number of nitrogens with zero attached hydrogens (tertiary/aromatic N) is 1. The maximum absolute atomic E-state index is 11.8. The molecule has 1 aromatic heterocycles. The van der Waals surface area contributed by atoms with Crippen LogP contribution < -0.4 is 10.6 Å². The van der Waals surface area contributed by atoms with Gasteiger partial charge in [0.25, 0.3) is 0 Å². The van der Waals surface area contributed by atoms with Gasteiger partial charge in [-0.1, -0.05) is 0 Å². The van der Waals surface area contributed by atoms with E-state index in [2.05, 4.69) is 10.6 Å². The highest BCUT2D eigenvalue weighted by Crippen LogP contribution is 2.20. The fourth-order valence-electron chi connectivity index (χ4n) is 2.76. The predicted molar refractivity (Wildman–Crippen MR) is 85.7 cm³/mol. The second kappa shape index (κ2) is 7.51. The van der Waals surface area contributed by atoms with E-state index >= 15 is 0 Å². The van der Waals surface area contributed by atoms with E-state index in [4.69, 9.17) is 14.4 Å². The van der Waals surface area contributed by atoms with Crippen LogP contribution in [0.5, 0.6) is 0 Å². The van der Waals surface area contributed by atoms with Crippen molar-refractivity contribution in [1.82, 2.24) is 10.6 Å². The molecular formula is C17H25N3O3. The maximum Gasteiger partial charge on any atom is 0.407 e. The highest BCUT2D eigenvalue weighted by Gasteiger charge is 2.25. The van der Waals surface area contributed by atoms with Crippen LogP contribution in [0.25, 0.3) is 0 Å². The molecule has 1 fully saturated rings. The first-order valence-electron chi connectivity index (χ1n) is 8.07. The Morgan fingerprint density at radius 2 is 2.13 bits per heavy atom. The molecule has 0 aliphatic heterocycles. The summed E-state index contributed by atoms with van der Waals surface area (Å²) in [5, 5.41) is 15.1. The van der Waals surface area contributed by atoms with Crippen LogP contribution in [0.3, 0.4) is 0 Å². The van der Waals surface area contributed by atoms with Crippen molar-refractivity contribution >= 4 is 6.09 Å². The molecule has 1 heterocycles. The van der Waals surface area contributed by atoms with Crippen LogP contribution in [-0.2, 0) is 11.3 Å². The third kappa shape index (κ3) is 5.95. The van der Waals surface area contributed by atoms with E-state index in [-0.39, 0.29) is 12.1 Å². The zero-order chi connectivity index (χ0) is 16.9. The second-order valence-electron chi connectivity index (χ2n) is 6.97. The quantitative estimate of drug-likeness (QED) is 0.890. The molecule has 2 N–H and O–H groups in total. The molecule has 0 bridgehead atoms. The lowest BCUT2D eigenvalue weighted by Gasteiger charge is -2.31. The van der Waals surface area contributed by atoms with Crippen molar-refractivity contribution in [1.29, 1.82) is 5.26 Å². The fourth-order valence-corrected chi connectivity index (χ4v) is 2.76. The molecule has 6 heteroatoms. The summed E-state index contributed by atoms with van der Waals surface area (Å²) in [6.45, 7) is 6.16. The molecule has 1 aromatic rings. The summed E-state index contributed by atoms with van der Waals surface area (Å²) in [7, 11) is 0. The number of ether oxygens (including phenoxy) is 1. The first-order chi connectivity index (χ1) is 10.9. The number of nitrogens with one attached hydrogen (secondary N) is 2. The Hall–Kier alpha value is -2.00. The average molecular weight is 319 g/mol. The van der Waals surface area contributed by atoms with Crippen LogP contribution in [0, 0.1) is 11.3 Å². The van der Waals surface area contributed by atoms with Gasteiger partial charge in [-0.15, -0.1) is 0 Å². The minimum atomic E-state index is -0.478. The number of rotatable bonds is 4. The average Bonchev–Trinajstić information content (AvgIpc) is 2.91. The molecule has 1 amide bonds. The fraction of sp³-hybridized carbons (Fsp3) is 0.647. The second-order valence-corrected chi connectivity index (χ2v) is 6.97. The van der Waals surface area contributed by atoms with E-state index in [1.165, 1.54) is 0 Å². The van der Waals surface area contributed by atoms with Crippen molar-refractivity contribution < 1.29 is 13.9 Å². The minimum absolute atomic E-state index is 0.127. The van der Waals surface area contributed by atoms with Gasteiger partial charge in [0, 0.05) is 12.1 Å². The summed E-state index contributed by atoms with van der Waals surface area (Å²) >= 11 is 0. The topological polar surface area (TPSA) is 87.3 Å². The van der Waals surface area contributed by atoms with E-state index < -0.39 is 5.60 Å². The first-order valence-corrected chi connectivity index (χ1v) is 8.07. The number of furan rings is 1. The molecule has 0 saturated heterocycles. The van der Waals surface area contributed by atoms with E-state index in [0.29, 0.717) is 18.3 Å². The summed E-state index contributed by atoms with van der Waals surface area (Å²) in [5.41, 5.74) is -0.478. The normalized spacial score (nSPS) is 21.5. The van der Waals surface area contributed by atoms with E-state index in [1.807, 2.05) is 32.9 Å². The number of nitriles is 1. The molecule has 0 radical (unpaired) electrons. The van der Waals surface area contributed by atoms with Crippen LogP contribution in [-0.4, -0.2) is 23.8 Å². The summed E-state index contributed by atoms with van der Waals surface area (Å²) in [6.07, 6.45) is 3.60. The minimum Gasteiger partial charge on any atom is -0.449 e. The Morgan fingerprint density at radius 1 is 1.39 bits per heavy atom. The van der Waals surface area contributed by atoms with Crippen molar-refractivity contribution in [2.45, 2.75) is 70.7 Å². The van der Waals surface area contributed by atoms with Crippen LogP contribution in [0.4, 0.5) is 4.79 Å². The number of alkyl carbamates (subject to hydrolysis) is 1. The van der Waals surface area contributed by atoms with Crippen molar-refractivity contribution in [3.8, 4) is 6.07 Å². The van der Waals surface area contributed by atoms with Gasteiger partial charge in [-0.2, -0.15) is 5.26 Å². The van der Waals surface area contributed by atoms with Gasteiger partial charge in [-0.3, -0.25) is 0 Å². The highest BCUT2D eigenvalue weighted by atomic mass is 16.6. The Bertz CT molecular complexity index is 568. The largest absolute Gasteiger partial charge is 0.449 e. The van der Waals surface area contributed by atoms with Gasteiger partial charge >= 0.3 is 6.09 Å². The third-order valence-electron chi connectivity index (χ3n) is 3.73. The number of carbonyl (C=O) groups excluding carboxylic acids is 1. The lowest BCUT2D eigenvalue weighted by molar-refractivity contribution is 0.0488. The molecule has 6 nitrogen and oxygen atoms in total. The van der Waals surface area contributed by atoms with E-state index in [9.17, 15) is 4.79 Å². The lowest BCUT2D eigenvalue weighted by Crippen LogP contribution is -2.45. The van der Waals surface area contributed by atoms with Crippen LogP contribution in [0.2, 0.25) is 0 Å². The summed E-state index contributed by atoms with van der Waals surface area (Å²) < 4.78 is 10.7. The Morgan fingerprint density at radius 3 is 2.78 bits per heavy atom. The molecule has 2 rings (SSSR count). The lowest BCUT2D eigenvalue weighted by atomic mass is 9.91. The Balaban J connectivity index is 1.77. The predicted octanol–water partition coefficient (Wildman–Crippen LogP) is 3.08. The van der Waals surface area contributed by atoms with Gasteiger partial charge in [-0.05, 0) is 58.6 Å². The smallest absolute Gasteiger partial charge is 0.407 e. The molecule has 23 heavy (non-hydrogen) atoms. The molecule has 2 atom stereocenters. The van der Waals surface area contributed by atoms with Crippen LogP contribution >= 0.6 is 0 Å². The van der Waals surface area contributed by atoms with Crippen molar-refractivity contribution in [3.05, 3.63) is 23.7 Å². The van der Waals surface area contributed by atoms with Gasteiger partial charge in [0.05, 0.1) is 6.54 Å². The Kier molecular flexibility index (Phi) is 5.67. The van der Waals surface area contributed by atoms with Crippen molar-refractivity contribution in [2.75, 3.05) is 0 Å². The molecule has 126 valence electrons. The Labute approximate surface area is 137 Å². The monoisotopic (exact) mass is 319 g/mol. The standard InChI is InChI=1S/C17H25N3O3/c1-17(2,3)23-16(21)20-13-6-4-5-12(9-13)19-11-15-8-7-14(10-18)22-15/h7-8,12-13,19H,4-6,9,11H2,1-3H3,(H,20,21)/t12-,13-/m0/s1. The SMILES string of the molecule is CC(C)(C)OC(=O)N[C@H]1CCC[C@H](NCc2ccc(C#N)o2)C1. The van der Waals surface area contributed by atoms with Crippen LogP contribution in [0.15, 0.2) is 16.5 Å². The third-order valence-corrected chi connectivity index (χ3v) is 3.73. The number of hydrogen-bond acceptors (Lipinski definition) is 5. The molecule has 0 unspecified atom stereocenters. The first kappa shape index (κ1) is 17.4. The van der Waals surface area contributed by atoms with Gasteiger partial charge in [0.15, 0.2) is 0 Å². The summed E-state index contributed by atoms with van der Waals surface area (Å²) in [5.74, 6) is 1.08. The molecule has 1 aliphatic carbocycles. The zero-order valence-corrected chi connectivity index (χ0v) is 14.0. The van der Waals surface area contributed by atoms with Gasteiger partial charge in [-0.25, -0.2) is 4.79 Å². The number of hydrogen-bond donors (Lipinski definition) is 2. The maximum atomic E-state index is 11.8. The van der Waals surface area contributed by atoms with E-state index in [0.717, 1.165) is 31.4 Å². The van der Waals surface area contributed by atoms with Gasteiger partial charge in [0.2, 0.25) is 5.76 Å². The molecular weight excluding hydrogens is 294 g/mol. The molecule has 1 saturated carbocycles. The van der Waals surface area contributed by atoms with Gasteiger partial charge < -0.3 is 19.8 Å². The highest BCUT2D eigenvalue weighted by molar-refractivity contribution is 5.68. The molecule has 0 spiro atoms.